The number of aliphatic hydroxyl groups is 1. The third kappa shape index (κ3) is 3.12. The van der Waals surface area contributed by atoms with Gasteiger partial charge in [0.1, 0.15) is 0 Å². The number of Topliss-reactive ketones (excluding diaryl/α,β-unsaturated/α-hetero) is 1. The van der Waals surface area contributed by atoms with E-state index in [0.717, 1.165) is 17.7 Å². The standard InChI is InChI=1S/C20H22N2O3S/c1-4-11-22-17(13-7-9-14(10-8-13)21(2)3)16(19(24)20(22)25)18(23)15-6-5-12-26-15/h5-10,12,17,24H,4,11H2,1-3H3. The molecule has 1 atom stereocenters. The second kappa shape index (κ2) is 7.33. The first kappa shape index (κ1) is 18.2. The number of aliphatic hydroxyl groups excluding tert-OH is 1. The molecule has 0 spiro atoms. The molecule has 136 valence electrons. The molecule has 1 aliphatic rings. The van der Waals surface area contributed by atoms with Gasteiger partial charge < -0.3 is 14.9 Å². The lowest BCUT2D eigenvalue weighted by Gasteiger charge is -2.26. The number of hydrogen-bond acceptors (Lipinski definition) is 5. The van der Waals surface area contributed by atoms with Crippen molar-refractivity contribution >= 4 is 28.7 Å². The highest BCUT2D eigenvalue weighted by Crippen LogP contribution is 2.39. The molecule has 1 aromatic heterocycles. The van der Waals surface area contributed by atoms with Crippen molar-refractivity contribution in [2.45, 2.75) is 19.4 Å². The summed E-state index contributed by atoms with van der Waals surface area (Å²) in [4.78, 5) is 29.7. The van der Waals surface area contributed by atoms with E-state index in [-0.39, 0.29) is 11.4 Å². The second-order valence-electron chi connectivity index (χ2n) is 6.46. The fourth-order valence-electron chi connectivity index (χ4n) is 3.20. The Labute approximate surface area is 157 Å². The second-order valence-corrected chi connectivity index (χ2v) is 7.40. The minimum absolute atomic E-state index is 0.170. The quantitative estimate of drug-likeness (QED) is 0.786. The summed E-state index contributed by atoms with van der Waals surface area (Å²) in [5.74, 6) is -1.20. The molecule has 0 bridgehead atoms. The van der Waals surface area contributed by atoms with Crippen LogP contribution in [-0.4, -0.2) is 42.3 Å². The maximum Gasteiger partial charge on any atom is 0.290 e. The van der Waals surface area contributed by atoms with Crippen molar-refractivity contribution in [1.29, 1.82) is 0 Å². The molecule has 0 fully saturated rings. The summed E-state index contributed by atoms with van der Waals surface area (Å²) in [5.41, 5.74) is 2.02. The van der Waals surface area contributed by atoms with E-state index >= 15 is 0 Å². The molecule has 2 heterocycles. The van der Waals surface area contributed by atoms with Crippen LogP contribution < -0.4 is 4.90 Å². The fourth-order valence-corrected chi connectivity index (χ4v) is 3.88. The van der Waals surface area contributed by atoms with Crippen molar-refractivity contribution in [3.8, 4) is 0 Å². The Bertz CT molecular complexity index is 838. The SMILES string of the molecule is CCCN1C(=O)C(O)=C(C(=O)c2cccs2)C1c1ccc(N(C)C)cc1. The van der Waals surface area contributed by atoms with E-state index in [1.54, 1.807) is 17.0 Å². The summed E-state index contributed by atoms with van der Waals surface area (Å²) in [5, 5.41) is 12.3. The molecular formula is C20H22N2O3S. The molecule has 0 radical (unpaired) electrons. The Morgan fingerprint density at radius 1 is 1.23 bits per heavy atom. The lowest BCUT2D eigenvalue weighted by atomic mass is 9.95. The number of benzene rings is 1. The summed E-state index contributed by atoms with van der Waals surface area (Å²) < 4.78 is 0. The number of amides is 1. The summed E-state index contributed by atoms with van der Waals surface area (Å²) in [6.45, 7) is 2.44. The van der Waals surface area contributed by atoms with Crippen LogP contribution in [0.4, 0.5) is 5.69 Å². The molecule has 0 aliphatic carbocycles. The Morgan fingerprint density at radius 3 is 2.46 bits per heavy atom. The van der Waals surface area contributed by atoms with Crippen LogP contribution in [0, 0.1) is 0 Å². The molecule has 1 amide bonds. The number of nitrogens with zero attached hydrogens (tertiary/aromatic N) is 2. The normalized spacial score (nSPS) is 17.1. The average molecular weight is 370 g/mol. The third-order valence-electron chi connectivity index (χ3n) is 4.48. The van der Waals surface area contributed by atoms with Crippen molar-refractivity contribution in [2.24, 2.45) is 0 Å². The van der Waals surface area contributed by atoms with Gasteiger partial charge in [0.25, 0.3) is 5.91 Å². The van der Waals surface area contributed by atoms with Gasteiger partial charge in [0.2, 0.25) is 5.78 Å². The topological polar surface area (TPSA) is 60.9 Å². The molecular weight excluding hydrogens is 348 g/mol. The van der Waals surface area contributed by atoms with Gasteiger partial charge in [-0.1, -0.05) is 25.1 Å². The van der Waals surface area contributed by atoms with E-state index in [1.165, 1.54) is 11.3 Å². The minimum Gasteiger partial charge on any atom is -0.503 e. The van der Waals surface area contributed by atoms with Crippen LogP contribution >= 0.6 is 11.3 Å². The number of carbonyl (C=O) groups excluding carboxylic acids is 2. The van der Waals surface area contributed by atoms with Crippen molar-refractivity contribution < 1.29 is 14.7 Å². The van der Waals surface area contributed by atoms with Crippen LogP contribution in [0.5, 0.6) is 0 Å². The lowest BCUT2D eigenvalue weighted by Crippen LogP contribution is -2.31. The van der Waals surface area contributed by atoms with Crippen LogP contribution in [0.2, 0.25) is 0 Å². The van der Waals surface area contributed by atoms with E-state index < -0.39 is 17.7 Å². The zero-order valence-electron chi connectivity index (χ0n) is 15.1. The highest BCUT2D eigenvalue weighted by Gasteiger charge is 2.43. The molecule has 1 N–H and O–H groups in total. The average Bonchev–Trinajstić information content (AvgIpc) is 3.25. The number of rotatable bonds is 6. The number of thiophene rings is 1. The number of ketones is 1. The predicted octanol–water partition coefficient (Wildman–Crippen LogP) is 3.80. The van der Waals surface area contributed by atoms with E-state index in [0.29, 0.717) is 11.4 Å². The Kier molecular flexibility index (Phi) is 5.13. The zero-order valence-corrected chi connectivity index (χ0v) is 15.9. The Morgan fingerprint density at radius 2 is 1.92 bits per heavy atom. The van der Waals surface area contributed by atoms with Crippen LogP contribution in [0.15, 0.2) is 53.1 Å². The van der Waals surface area contributed by atoms with Crippen LogP contribution in [0.3, 0.4) is 0 Å². The Balaban J connectivity index is 2.07. The number of hydrogen-bond donors (Lipinski definition) is 1. The van der Waals surface area contributed by atoms with Gasteiger partial charge in [-0.25, -0.2) is 0 Å². The maximum atomic E-state index is 13.0. The van der Waals surface area contributed by atoms with E-state index in [2.05, 4.69) is 0 Å². The largest absolute Gasteiger partial charge is 0.503 e. The molecule has 0 saturated heterocycles. The predicted molar refractivity (Wildman–Crippen MR) is 104 cm³/mol. The van der Waals surface area contributed by atoms with Crippen LogP contribution in [-0.2, 0) is 4.79 Å². The lowest BCUT2D eigenvalue weighted by molar-refractivity contribution is -0.129. The molecule has 26 heavy (non-hydrogen) atoms. The van der Waals surface area contributed by atoms with Gasteiger partial charge in [-0.3, -0.25) is 9.59 Å². The van der Waals surface area contributed by atoms with Gasteiger partial charge in [-0.15, -0.1) is 11.3 Å². The number of anilines is 1. The molecule has 6 heteroatoms. The molecule has 1 unspecified atom stereocenters. The molecule has 0 saturated carbocycles. The van der Waals surface area contributed by atoms with Crippen molar-refractivity contribution in [1.82, 2.24) is 4.90 Å². The van der Waals surface area contributed by atoms with Crippen molar-refractivity contribution in [3.05, 3.63) is 63.6 Å². The molecule has 5 nitrogen and oxygen atoms in total. The minimum atomic E-state index is -0.562. The van der Waals surface area contributed by atoms with Crippen molar-refractivity contribution in [3.63, 3.8) is 0 Å². The molecule has 3 rings (SSSR count). The van der Waals surface area contributed by atoms with Gasteiger partial charge in [-0.05, 0) is 35.6 Å². The van der Waals surface area contributed by atoms with E-state index in [1.807, 2.05) is 55.6 Å². The molecule has 1 aliphatic heterocycles. The van der Waals surface area contributed by atoms with Gasteiger partial charge >= 0.3 is 0 Å². The summed E-state index contributed by atoms with van der Waals surface area (Å²) in [6.07, 6.45) is 0.742. The first-order chi connectivity index (χ1) is 12.5. The third-order valence-corrected chi connectivity index (χ3v) is 5.35. The highest BCUT2D eigenvalue weighted by molar-refractivity contribution is 7.12. The maximum absolute atomic E-state index is 13.0. The highest BCUT2D eigenvalue weighted by atomic mass is 32.1. The van der Waals surface area contributed by atoms with Gasteiger partial charge in [0.15, 0.2) is 5.76 Å². The van der Waals surface area contributed by atoms with Gasteiger partial charge in [0, 0.05) is 26.3 Å². The van der Waals surface area contributed by atoms with Crippen molar-refractivity contribution in [2.75, 3.05) is 25.5 Å². The van der Waals surface area contributed by atoms with Crippen LogP contribution in [0.1, 0.15) is 34.6 Å². The van der Waals surface area contributed by atoms with Gasteiger partial charge in [0.05, 0.1) is 16.5 Å². The summed E-state index contributed by atoms with van der Waals surface area (Å²) in [7, 11) is 3.91. The fraction of sp³-hybridized carbons (Fsp3) is 0.300. The summed E-state index contributed by atoms with van der Waals surface area (Å²) in [6, 6.07) is 10.7. The molecule has 1 aromatic carbocycles. The first-order valence-corrected chi connectivity index (χ1v) is 9.43. The zero-order chi connectivity index (χ0) is 18.8. The first-order valence-electron chi connectivity index (χ1n) is 8.55. The molecule has 2 aromatic rings. The van der Waals surface area contributed by atoms with Crippen LogP contribution in [0.25, 0.3) is 0 Å². The van der Waals surface area contributed by atoms with Gasteiger partial charge in [-0.2, -0.15) is 0 Å². The number of carbonyl (C=O) groups is 2. The summed E-state index contributed by atoms with van der Waals surface area (Å²) >= 11 is 1.31. The van der Waals surface area contributed by atoms with E-state index in [9.17, 15) is 14.7 Å². The smallest absolute Gasteiger partial charge is 0.290 e. The van der Waals surface area contributed by atoms with E-state index in [4.69, 9.17) is 0 Å². The monoisotopic (exact) mass is 370 g/mol. The Hall–Kier alpha value is -2.60.